The second kappa shape index (κ2) is 7.48. The fourth-order valence-electron chi connectivity index (χ4n) is 3.96. The Hall–Kier alpha value is -2.13. The molecule has 0 bridgehead atoms. The number of nitrogens with zero attached hydrogens (tertiary/aromatic N) is 4. The van der Waals surface area contributed by atoms with Gasteiger partial charge in [0.15, 0.2) is 11.3 Å². The molecular weight excluding hydrogens is 450 g/mol. The van der Waals surface area contributed by atoms with E-state index in [1.807, 2.05) is 0 Å². The number of aryl methyl sites for hydroxylation is 1. The number of methoxy groups -OCH3 is 1. The van der Waals surface area contributed by atoms with E-state index in [1.165, 1.54) is 45.1 Å². The molecule has 4 aliphatic heterocycles. The number of carbonyl (C=O) groups is 2. The highest BCUT2D eigenvalue weighted by molar-refractivity contribution is 8.01. The summed E-state index contributed by atoms with van der Waals surface area (Å²) in [6.07, 6.45) is 0.718. The number of aromatic amines is 1. The molecule has 4 aliphatic rings. The van der Waals surface area contributed by atoms with Gasteiger partial charge in [0.25, 0.3) is 11.8 Å². The van der Waals surface area contributed by atoms with Crippen LogP contribution in [0.4, 0.5) is 0 Å². The van der Waals surface area contributed by atoms with Crippen LogP contribution in [0.25, 0.3) is 0 Å². The molecule has 14 heteroatoms. The van der Waals surface area contributed by atoms with Gasteiger partial charge < -0.3 is 4.74 Å². The number of hydrogen-bond acceptors (Lipinski definition) is 10. The zero-order valence-corrected chi connectivity index (χ0v) is 18.3. The lowest BCUT2D eigenvalue weighted by Gasteiger charge is -2.49. The molecule has 12 nitrogen and oxygen atoms in total. The summed E-state index contributed by atoms with van der Waals surface area (Å²) in [5, 5.41) is 2.42. The Morgan fingerprint density at radius 2 is 2.16 bits per heavy atom. The van der Waals surface area contributed by atoms with Gasteiger partial charge in [0.1, 0.15) is 11.1 Å². The van der Waals surface area contributed by atoms with Crippen molar-refractivity contribution in [1.82, 2.24) is 24.6 Å². The average molecular weight is 470 g/mol. The van der Waals surface area contributed by atoms with Gasteiger partial charge in [-0.1, -0.05) is 11.8 Å². The average Bonchev–Trinajstić information content (AvgIpc) is 3.39. The summed E-state index contributed by atoms with van der Waals surface area (Å²) in [4.78, 5) is 66.3. The van der Waals surface area contributed by atoms with Crippen LogP contribution < -0.4 is 11.1 Å². The van der Waals surface area contributed by atoms with Crippen molar-refractivity contribution in [3.63, 3.8) is 0 Å². The van der Waals surface area contributed by atoms with Gasteiger partial charge in [-0.2, -0.15) is 14.8 Å². The minimum Gasteiger partial charge on any atom is -0.368 e. The quantitative estimate of drug-likeness (QED) is 0.187. The van der Waals surface area contributed by atoms with Crippen LogP contribution in [0.15, 0.2) is 26.0 Å². The van der Waals surface area contributed by atoms with Crippen molar-refractivity contribution in [2.45, 2.75) is 35.4 Å². The Kier molecular flexibility index (Phi) is 5.01. The van der Waals surface area contributed by atoms with Gasteiger partial charge in [0, 0.05) is 38.6 Å². The number of thioether (sulfide) groups is 2. The molecule has 3 saturated heterocycles. The molecular formula is C17H19N5O7S2. The van der Waals surface area contributed by atoms with Crippen molar-refractivity contribution in [3.8, 4) is 0 Å². The number of H-pyrrole nitrogens is 1. The zero-order chi connectivity index (χ0) is 21.9. The largest absolute Gasteiger partial charge is 0.368 e. The molecule has 0 aromatic carbocycles. The summed E-state index contributed by atoms with van der Waals surface area (Å²) in [6.45, 7) is 0.465. The normalized spacial score (nSPS) is 26.3. The minimum atomic E-state index is -1.03. The Morgan fingerprint density at radius 1 is 1.39 bits per heavy atom. The van der Waals surface area contributed by atoms with Gasteiger partial charge >= 0.3 is 17.0 Å². The molecule has 2 atom stereocenters. The van der Waals surface area contributed by atoms with Crippen LogP contribution in [0.3, 0.4) is 0 Å². The van der Waals surface area contributed by atoms with E-state index in [1.54, 1.807) is 7.05 Å². The van der Waals surface area contributed by atoms with E-state index >= 15 is 0 Å². The number of amides is 2. The second-order valence-corrected chi connectivity index (χ2v) is 9.49. The van der Waals surface area contributed by atoms with Crippen molar-refractivity contribution < 1.29 is 24.1 Å². The first-order chi connectivity index (χ1) is 14.9. The predicted molar refractivity (Wildman–Crippen MR) is 108 cm³/mol. The van der Waals surface area contributed by atoms with E-state index in [4.69, 9.17) is 14.5 Å². The number of carbonyl (C=O) groups excluding carboxylic acids is 2. The third-order valence-corrected chi connectivity index (χ3v) is 8.02. The first kappa shape index (κ1) is 20.8. The number of fused-ring (bicyclic) bond motifs is 1. The fourth-order valence-corrected chi connectivity index (χ4v) is 6.39. The first-order valence-corrected chi connectivity index (χ1v) is 11.6. The Balaban J connectivity index is 1.47. The Bertz CT molecular complexity index is 1110. The summed E-state index contributed by atoms with van der Waals surface area (Å²) in [5.41, 5.74) is -0.669. The lowest BCUT2D eigenvalue weighted by Crippen LogP contribution is -2.66. The summed E-state index contributed by atoms with van der Waals surface area (Å²) < 4.78 is 6.64. The van der Waals surface area contributed by atoms with Gasteiger partial charge in [-0.15, -0.1) is 11.8 Å². The maximum absolute atomic E-state index is 13.5. The highest BCUT2D eigenvalue weighted by Gasteiger charge is 2.62. The van der Waals surface area contributed by atoms with E-state index in [2.05, 4.69) is 10.1 Å². The van der Waals surface area contributed by atoms with E-state index in [0.29, 0.717) is 35.3 Å². The summed E-state index contributed by atoms with van der Waals surface area (Å²) >= 11 is 2.71. The van der Waals surface area contributed by atoms with Crippen LogP contribution >= 0.6 is 23.5 Å². The molecule has 5 heterocycles. The lowest BCUT2D eigenvalue weighted by atomic mass is 10.0. The number of ether oxygens (including phenoxy) is 1. The third kappa shape index (κ3) is 3.24. The fraction of sp³-hybridized carbons (Fsp3) is 0.588. The second-order valence-electron chi connectivity index (χ2n) is 7.45. The molecule has 1 aromatic heterocycles. The zero-order valence-electron chi connectivity index (χ0n) is 16.7. The van der Waals surface area contributed by atoms with Crippen LogP contribution in [0.1, 0.15) is 12.8 Å². The lowest BCUT2D eigenvalue weighted by molar-refractivity contribution is -0.161. The van der Waals surface area contributed by atoms with Crippen LogP contribution in [0.2, 0.25) is 0 Å². The highest BCUT2D eigenvalue weighted by atomic mass is 32.2. The van der Waals surface area contributed by atoms with Gasteiger partial charge in [0.2, 0.25) is 0 Å². The molecule has 3 fully saturated rings. The first-order valence-electron chi connectivity index (χ1n) is 9.55. The number of rotatable bonds is 5. The van der Waals surface area contributed by atoms with E-state index < -0.39 is 23.1 Å². The number of aromatic nitrogens is 3. The van der Waals surface area contributed by atoms with Crippen LogP contribution in [0, 0.1) is 0 Å². The van der Waals surface area contributed by atoms with Crippen molar-refractivity contribution >= 4 is 35.3 Å². The van der Waals surface area contributed by atoms with Gasteiger partial charge in [0.05, 0.1) is 0 Å². The van der Waals surface area contributed by atoms with Crippen molar-refractivity contribution in [3.05, 3.63) is 32.0 Å². The Morgan fingerprint density at radius 3 is 2.87 bits per heavy atom. The number of hydrogen-bond donors (Lipinski definition) is 1. The highest BCUT2D eigenvalue weighted by Crippen LogP contribution is 2.47. The van der Waals surface area contributed by atoms with Crippen molar-refractivity contribution in [2.75, 3.05) is 25.2 Å². The molecule has 1 aromatic rings. The molecule has 166 valence electrons. The maximum Gasteiger partial charge on any atom is 0.339 e. The molecule has 0 radical (unpaired) electrons. The van der Waals surface area contributed by atoms with Crippen molar-refractivity contribution in [1.29, 1.82) is 0 Å². The van der Waals surface area contributed by atoms with Gasteiger partial charge in [-0.05, 0) is 12.0 Å². The smallest absolute Gasteiger partial charge is 0.339 e. The standard InChI is InChI=1S/C17H19N5O7S2/c1-20-16(18-11(23)12(24)19-20)31-7-8-6-30-15-10(27-2)14(26)22(15)9(8)13(25)21-5-3-4-17(21)28-29-17/h10,15H,3-7H2,1-2H3,(H,19,24)/t10-,15+/m0/s1. The molecule has 1 spiro atoms. The summed E-state index contributed by atoms with van der Waals surface area (Å²) in [6, 6.07) is 0. The van der Waals surface area contributed by atoms with Crippen LogP contribution in [-0.4, -0.2) is 78.9 Å². The Labute approximate surface area is 183 Å². The monoisotopic (exact) mass is 469 g/mol. The van der Waals surface area contributed by atoms with E-state index in [0.717, 1.165) is 12.0 Å². The molecule has 5 rings (SSSR count). The van der Waals surface area contributed by atoms with Gasteiger partial charge in [-0.25, -0.2) is 0 Å². The third-order valence-electron chi connectivity index (χ3n) is 5.58. The molecule has 1 N–H and O–H groups in total. The summed E-state index contributed by atoms with van der Waals surface area (Å²) in [5.74, 6) is -0.825. The van der Waals surface area contributed by atoms with E-state index in [9.17, 15) is 19.2 Å². The van der Waals surface area contributed by atoms with Crippen molar-refractivity contribution in [2.24, 2.45) is 7.05 Å². The van der Waals surface area contributed by atoms with Crippen LogP contribution in [0.5, 0.6) is 0 Å². The molecule has 0 saturated carbocycles. The number of β-lactam (4-membered cyclic amide) rings is 1. The topological polar surface area (TPSA) is 143 Å². The summed E-state index contributed by atoms with van der Waals surface area (Å²) in [7, 11) is 3.04. The molecule has 31 heavy (non-hydrogen) atoms. The number of nitrogens with one attached hydrogen (secondary N) is 1. The minimum absolute atomic E-state index is 0.272. The van der Waals surface area contributed by atoms with E-state index in [-0.39, 0.29) is 17.2 Å². The maximum atomic E-state index is 13.5. The predicted octanol–water partition coefficient (Wildman–Crippen LogP) is -1.02. The molecule has 0 unspecified atom stereocenters. The number of likely N-dealkylation sites (tertiary alicyclic amines) is 1. The molecule has 0 aliphatic carbocycles. The van der Waals surface area contributed by atoms with Gasteiger partial charge in [-0.3, -0.25) is 38.8 Å². The SMILES string of the molecule is CO[C@H]1C(=O)N2C(C(=O)N3CCCC34OO4)=C(CSc3nc(=O)c(=O)[nH]n3C)CS[C@H]12. The molecule has 2 amide bonds. The van der Waals surface area contributed by atoms with Crippen LogP contribution in [-0.2, 0) is 31.1 Å².